The lowest BCUT2D eigenvalue weighted by Gasteiger charge is -2.25. The Morgan fingerprint density at radius 1 is 1.35 bits per heavy atom. The van der Waals surface area contributed by atoms with Crippen molar-refractivity contribution in [2.75, 3.05) is 50.5 Å². The summed E-state index contributed by atoms with van der Waals surface area (Å²) in [5.41, 5.74) is 5.89. The molecule has 1 saturated heterocycles. The number of ether oxygens (including phenoxy) is 1. The highest BCUT2D eigenvalue weighted by Crippen LogP contribution is 2.16. The van der Waals surface area contributed by atoms with Crippen molar-refractivity contribution in [2.24, 2.45) is 10.1 Å². The number of amides is 1. The normalized spacial score (nSPS) is 19.7. The number of carbonyl (C=O) groups is 1. The van der Waals surface area contributed by atoms with Crippen LogP contribution in [0.5, 0.6) is 0 Å². The first-order valence-electron chi connectivity index (χ1n) is 8.95. The van der Waals surface area contributed by atoms with E-state index in [4.69, 9.17) is 4.74 Å². The van der Waals surface area contributed by atoms with Crippen LogP contribution in [0.1, 0.15) is 18.9 Å². The fourth-order valence-electron chi connectivity index (χ4n) is 2.66. The molecule has 0 atom stereocenters. The molecule has 2 N–H and O–H groups in total. The Bertz CT molecular complexity index is 669. The number of amidine groups is 1. The molecule has 8 heteroatoms. The summed E-state index contributed by atoms with van der Waals surface area (Å²) in [6.45, 7) is 7.17. The molecule has 2 aliphatic heterocycles. The molecule has 140 valence electrons. The molecule has 0 unspecified atom stereocenters. The Kier molecular flexibility index (Phi) is 7.04. The number of nitrogens with zero attached hydrogens (tertiary/aromatic N) is 3. The zero-order valence-electron chi connectivity index (χ0n) is 15.0. The van der Waals surface area contributed by atoms with Crippen molar-refractivity contribution in [1.82, 2.24) is 10.3 Å². The second-order valence-electron chi connectivity index (χ2n) is 6.08. The Morgan fingerprint density at radius 2 is 2.12 bits per heavy atom. The third-order valence-corrected chi connectivity index (χ3v) is 5.14. The smallest absolute Gasteiger partial charge is 0.224 e. The van der Waals surface area contributed by atoms with Gasteiger partial charge < -0.3 is 10.1 Å². The molecular formula is C18H25N5O2S. The van der Waals surface area contributed by atoms with Crippen molar-refractivity contribution in [1.29, 1.82) is 0 Å². The van der Waals surface area contributed by atoms with Crippen LogP contribution in [-0.4, -0.2) is 66.8 Å². The van der Waals surface area contributed by atoms with Crippen LogP contribution < -0.4 is 10.7 Å². The highest BCUT2D eigenvalue weighted by Gasteiger charge is 2.14. The number of hydrogen-bond acceptors (Lipinski definition) is 6. The number of anilines is 1. The highest BCUT2D eigenvalue weighted by molar-refractivity contribution is 8.14. The number of nitrogens with one attached hydrogen (secondary N) is 2. The third kappa shape index (κ3) is 5.55. The Hall–Kier alpha value is -1.90. The van der Waals surface area contributed by atoms with Crippen molar-refractivity contribution in [2.45, 2.75) is 13.3 Å². The van der Waals surface area contributed by atoms with E-state index in [-0.39, 0.29) is 5.91 Å². The van der Waals surface area contributed by atoms with E-state index in [1.54, 1.807) is 11.8 Å². The van der Waals surface area contributed by atoms with Crippen molar-refractivity contribution >= 4 is 34.2 Å². The van der Waals surface area contributed by atoms with Gasteiger partial charge >= 0.3 is 0 Å². The standard InChI is InChI=1S/C18H25N5O2S/c1-2-17(24)20-15-5-3-14(4-6-15)16-13-26-18(22-21-16)19-7-8-23-9-11-25-12-10-23/h3-6H,2,7-13H2,1H3,(H,19,22)(H,20,24). The Balaban J connectivity index is 1.49. The fourth-order valence-corrected chi connectivity index (χ4v) is 3.46. The maximum atomic E-state index is 11.4. The summed E-state index contributed by atoms with van der Waals surface area (Å²) in [6.07, 6.45) is 0.475. The molecule has 3 rings (SSSR count). The molecule has 0 spiro atoms. The third-order valence-electron chi connectivity index (χ3n) is 4.23. The molecule has 1 aromatic rings. The van der Waals surface area contributed by atoms with Crippen LogP contribution in [0.2, 0.25) is 0 Å². The van der Waals surface area contributed by atoms with Gasteiger partial charge in [-0.1, -0.05) is 30.8 Å². The van der Waals surface area contributed by atoms with Crippen LogP contribution in [-0.2, 0) is 9.53 Å². The predicted octanol–water partition coefficient (Wildman–Crippen LogP) is 1.76. The van der Waals surface area contributed by atoms with Crippen LogP contribution in [0, 0.1) is 0 Å². The highest BCUT2D eigenvalue weighted by atomic mass is 32.2. The number of hydrazone groups is 1. The second kappa shape index (κ2) is 9.70. The summed E-state index contributed by atoms with van der Waals surface area (Å²) < 4.78 is 5.35. The molecule has 1 amide bonds. The van der Waals surface area contributed by atoms with Crippen molar-refractivity contribution in [3.8, 4) is 0 Å². The molecule has 0 radical (unpaired) electrons. The number of hydrogen-bond donors (Lipinski definition) is 2. The van der Waals surface area contributed by atoms with Gasteiger partial charge in [-0.25, -0.2) is 0 Å². The maximum Gasteiger partial charge on any atom is 0.224 e. The molecule has 7 nitrogen and oxygen atoms in total. The monoisotopic (exact) mass is 375 g/mol. The van der Waals surface area contributed by atoms with Gasteiger partial charge in [0.1, 0.15) is 0 Å². The van der Waals surface area contributed by atoms with Crippen LogP contribution >= 0.6 is 11.8 Å². The van der Waals surface area contributed by atoms with Crippen LogP contribution in [0.3, 0.4) is 0 Å². The van der Waals surface area contributed by atoms with E-state index in [9.17, 15) is 4.79 Å². The fraction of sp³-hybridized carbons (Fsp3) is 0.500. The van der Waals surface area contributed by atoms with E-state index < -0.39 is 0 Å². The Labute approximate surface area is 158 Å². The van der Waals surface area contributed by atoms with Gasteiger partial charge in [0.25, 0.3) is 0 Å². The van der Waals surface area contributed by atoms with E-state index in [2.05, 4.69) is 25.7 Å². The molecular weight excluding hydrogens is 350 g/mol. The number of thioether (sulfide) groups is 1. The van der Waals surface area contributed by atoms with Gasteiger partial charge in [-0.05, 0) is 17.7 Å². The summed E-state index contributed by atoms with van der Waals surface area (Å²) in [6, 6.07) is 7.77. The van der Waals surface area contributed by atoms with Gasteiger partial charge in [-0.15, -0.1) is 0 Å². The largest absolute Gasteiger partial charge is 0.379 e. The Morgan fingerprint density at radius 3 is 2.77 bits per heavy atom. The summed E-state index contributed by atoms with van der Waals surface area (Å²) in [4.78, 5) is 18.4. The first-order valence-corrected chi connectivity index (χ1v) is 9.93. The van der Waals surface area contributed by atoms with Gasteiger partial charge in [-0.2, -0.15) is 5.10 Å². The molecule has 0 saturated carbocycles. The molecule has 1 aromatic carbocycles. The first kappa shape index (κ1) is 18.9. The predicted molar refractivity (Wildman–Crippen MR) is 107 cm³/mol. The minimum Gasteiger partial charge on any atom is -0.379 e. The summed E-state index contributed by atoms with van der Waals surface area (Å²) in [5, 5.41) is 8.17. The van der Waals surface area contributed by atoms with E-state index >= 15 is 0 Å². The minimum absolute atomic E-state index is 0.0166. The first-order chi connectivity index (χ1) is 12.7. The number of aliphatic imine (C=N–C) groups is 1. The summed E-state index contributed by atoms with van der Waals surface area (Å²) in [7, 11) is 0. The number of carbonyl (C=O) groups excluding carboxylic acids is 1. The molecule has 0 aliphatic carbocycles. The number of rotatable bonds is 6. The van der Waals surface area contributed by atoms with Gasteiger partial charge in [0.2, 0.25) is 5.91 Å². The molecule has 2 heterocycles. The molecule has 0 aromatic heterocycles. The van der Waals surface area contributed by atoms with Crippen LogP contribution in [0.4, 0.5) is 5.69 Å². The lowest BCUT2D eigenvalue weighted by Crippen LogP contribution is -2.38. The molecule has 2 aliphatic rings. The van der Waals surface area contributed by atoms with Crippen molar-refractivity contribution < 1.29 is 9.53 Å². The van der Waals surface area contributed by atoms with Crippen LogP contribution in [0.25, 0.3) is 0 Å². The molecule has 1 fully saturated rings. The zero-order valence-corrected chi connectivity index (χ0v) is 15.8. The summed E-state index contributed by atoms with van der Waals surface area (Å²) in [5.74, 6) is 0.798. The zero-order chi connectivity index (χ0) is 18.2. The van der Waals surface area contributed by atoms with Crippen LogP contribution in [0.15, 0.2) is 34.4 Å². The van der Waals surface area contributed by atoms with Gasteiger partial charge in [0, 0.05) is 37.5 Å². The van der Waals surface area contributed by atoms with Crippen molar-refractivity contribution in [3.63, 3.8) is 0 Å². The topological polar surface area (TPSA) is 78.3 Å². The van der Waals surface area contributed by atoms with Gasteiger partial charge in [0.15, 0.2) is 5.17 Å². The lowest BCUT2D eigenvalue weighted by atomic mass is 10.1. The van der Waals surface area contributed by atoms with E-state index in [1.165, 1.54) is 0 Å². The maximum absolute atomic E-state index is 11.4. The molecule has 26 heavy (non-hydrogen) atoms. The quantitative estimate of drug-likeness (QED) is 0.792. The lowest BCUT2D eigenvalue weighted by molar-refractivity contribution is -0.115. The van der Waals surface area contributed by atoms with Gasteiger partial charge in [0.05, 0.1) is 25.5 Å². The SMILES string of the molecule is CCC(=O)Nc1ccc(C2=NNC(=NCCN3CCOCC3)SC2)cc1. The van der Waals surface area contributed by atoms with E-state index in [0.29, 0.717) is 6.42 Å². The average Bonchev–Trinajstić information content (AvgIpc) is 2.70. The number of morpholine rings is 1. The summed E-state index contributed by atoms with van der Waals surface area (Å²) >= 11 is 1.67. The van der Waals surface area contributed by atoms with Crippen molar-refractivity contribution in [3.05, 3.63) is 29.8 Å². The van der Waals surface area contributed by atoms with E-state index in [0.717, 1.165) is 67.3 Å². The minimum atomic E-state index is 0.0166. The van der Waals surface area contributed by atoms with Gasteiger partial charge in [-0.3, -0.25) is 20.1 Å². The number of benzene rings is 1. The second-order valence-corrected chi connectivity index (χ2v) is 7.04. The average molecular weight is 375 g/mol. The molecule has 0 bridgehead atoms. The van der Waals surface area contributed by atoms with E-state index in [1.807, 2.05) is 31.2 Å².